The molecule has 15 heavy (non-hydrogen) atoms. The van der Waals surface area contributed by atoms with Crippen molar-refractivity contribution in [3.8, 4) is 5.75 Å². The zero-order valence-electron chi connectivity index (χ0n) is 8.71. The van der Waals surface area contributed by atoms with E-state index in [0.29, 0.717) is 11.3 Å². The van der Waals surface area contributed by atoms with Gasteiger partial charge in [-0.05, 0) is 24.6 Å². The molecule has 0 fully saturated rings. The molecule has 5 nitrogen and oxygen atoms in total. The average molecular weight is 207 g/mol. The van der Waals surface area contributed by atoms with E-state index in [2.05, 4.69) is 10.0 Å². The summed E-state index contributed by atoms with van der Waals surface area (Å²) < 4.78 is 5.11. The average Bonchev–Trinajstić information content (AvgIpc) is 2.25. The first-order valence-corrected chi connectivity index (χ1v) is 4.52. The molecule has 0 aliphatic heterocycles. The summed E-state index contributed by atoms with van der Waals surface area (Å²) in [5.74, 6) is 0.598. The molecule has 0 spiro atoms. The van der Waals surface area contributed by atoms with Crippen molar-refractivity contribution in [3.63, 3.8) is 0 Å². The normalized spacial score (nSPS) is 11.7. The fourth-order valence-corrected chi connectivity index (χ4v) is 1.33. The smallest absolute Gasteiger partial charge is 0.124 e. The van der Waals surface area contributed by atoms with Crippen molar-refractivity contribution in [1.29, 1.82) is 0 Å². The van der Waals surface area contributed by atoms with Crippen LogP contribution in [0.3, 0.4) is 0 Å². The van der Waals surface area contributed by atoms with Gasteiger partial charge in [0.05, 0.1) is 19.8 Å². The van der Waals surface area contributed by atoms with Crippen LogP contribution in [0.1, 0.15) is 17.2 Å². The zero-order chi connectivity index (χ0) is 11.3. The number of methoxy groups -OCH3 is 1. The highest BCUT2D eigenvalue weighted by atomic mass is 16.5. The maximum Gasteiger partial charge on any atom is 0.124 e. The Balaban J connectivity index is 2.99. The number of hydrogen-bond acceptors (Lipinski definition) is 3. The van der Waals surface area contributed by atoms with Crippen molar-refractivity contribution in [2.45, 2.75) is 13.0 Å². The van der Waals surface area contributed by atoms with Gasteiger partial charge in [-0.1, -0.05) is 16.7 Å². The Kier molecular flexibility index (Phi) is 3.97. The molecule has 5 heteroatoms. The molecule has 1 atom stereocenters. The fourth-order valence-electron chi connectivity index (χ4n) is 1.33. The van der Waals surface area contributed by atoms with Crippen LogP contribution in [0.25, 0.3) is 10.4 Å². The van der Waals surface area contributed by atoms with E-state index in [-0.39, 0.29) is 6.54 Å². The van der Waals surface area contributed by atoms with Crippen molar-refractivity contribution < 1.29 is 9.84 Å². The summed E-state index contributed by atoms with van der Waals surface area (Å²) >= 11 is 0. The molecule has 0 aliphatic rings. The summed E-state index contributed by atoms with van der Waals surface area (Å²) in [5.41, 5.74) is 9.82. The number of aliphatic hydroxyl groups excluding tert-OH is 1. The predicted octanol–water partition coefficient (Wildman–Crippen LogP) is 2.35. The summed E-state index contributed by atoms with van der Waals surface area (Å²) in [7, 11) is 1.54. The summed E-state index contributed by atoms with van der Waals surface area (Å²) in [5, 5.41) is 13.1. The van der Waals surface area contributed by atoms with Crippen LogP contribution in [-0.4, -0.2) is 18.8 Å². The Morgan fingerprint density at radius 1 is 1.60 bits per heavy atom. The maximum atomic E-state index is 9.74. The van der Waals surface area contributed by atoms with Crippen molar-refractivity contribution in [2.75, 3.05) is 13.7 Å². The van der Waals surface area contributed by atoms with E-state index in [4.69, 9.17) is 10.3 Å². The van der Waals surface area contributed by atoms with E-state index in [1.54, 1.807) is 6.07 Å². The van der Waals surface area contributed by atoms with Crippen LogP contribution >= 0.6 is 0 Å². The standard InChI is InChI=1S/C10H13N3O2/c1-7-3-4-10(15-2)8(5-7)9(14)6-12-13-11/h3-5,9,14H,6H2,1-2H3. The number of benzene rings is 1. The molecule has 0 radical (unpaired) electrons. The lowest BCUT2D eigenvalue weighted by molar-refractivity contribution is 0.182. The van der Waals surface area contributed by atoms with E-state index in [0.717, 1.165) is 5.56 Å². The van der Waals surface area contributed by atoms with Gasteiger partial charge < -0.3 is 9.84 Å². The SMILES string of the molecule is COc1ccc(C)cc1C(O)CN=[N+]=[N-]. The van der Waals surface area contributed by atoms with E-state index in [1.807, 2.05) is 19.1 Å². The summed E-state index contributed by atoms with van der Waals surface area (Å²) in [6, 6.07) is 5.49. The monoisotopic (exact) mass is 207 g/mol. The van der Waals surface area contributed by atoms with Crippen molar-refractivity contribution >= 4 is 0 Å². The molecule has 0 aliphatic carbocycles. The topological polar surface area (TPSA) is 78.2 Å². The van der Waals surface area contributed by atoms with Crippen LogP contribution in [0.4, 0.5) is 0 Å². The second-order valence-corrected chi connectivity index (χ2v) is 3.17. The Bertz CT molecular complexity index is 386. The molecule has 0 saturated carbocycles. The first-order valence-electron chi connectivity index (χ1n) is 4.52. The number of rotatable bonds is 4. The highest BCUT2D eigenvalue weighted by Crippen LogP contribution is 2.26. The molecule has 1 rings (SSSR count). The van der Waals surface area contributed by atoms with E-state index in [1.165, 1.54) is 7.11 Å². The summed E-state index contributed by atoms with van der Waals surface area (Å²) in [6.45, 7) is 1.93. The van der Waals surface area contributed by atoms with Crippen LogP contribution in [0.5, 0.6) is 5.75 Å². The van der Waals surface area contributed by atoms with Crippen LogP contribution in [-0.2, 0) is 0 Å². The first kappa shape index (κ1) is 11.4. The van der Waals surface area contributed by atoms with Gasteiger partial charge in [0.25, 0.3) is 0 Å². The highest BCUT2D eigenvalue weighted by molar-refractivity contribution is 5.38. The first-order chi connectivity index (χ1) is 7.19. The number of ether oxygens (including phenoxy) is 1. The lowest BCUT2D eigenvalue weighted by Crippen LogP contribution is -2.03. The van der Waals surface area contributed by atoms with Crippen molar-refractivity contribution in [3.05, 3.63) is 39.8 Å². The van der Waals surface area contributed by atoms with Gasteiger partial charge in [0.2, 0.25) is 0 Å². The molecular formula is C10H13N3O2. The maximum absolute atomic E-state index is 9.74. The molecule has 1 unspecified atom stereocenters. The predicted molar refractivity (Wildman–Crippen MR) is 56.7 cm³/mol. The number of hydrogen-bond donors (Lipinski definition) is 1. The van der Waals surface area contributed by atoms with Crippen LogP contribution in [0, 0.1) is 6.92 Å². The van der Waals surface area contributed by atoms with Crippen LogP contribution in [0.15, 0.2) is 23.3 Å². The molecule has 0 heterocycles. The zero-order valence-corrected chi connectivity index (χ0v) is 8.71. The van der Waals surface area contributed by atoms with Gasteiger partial charge in [0.15, 0.2) is 0 Å². The van der Waals surface area contributed by atoms with Gasteiger partial charge in [0.1, 0.15) is 5.75 Å². The minimum absolute atomic E-state index is 0.0102. The minimum Gasteiger partial charge on any atom is -0.496 e. The second kappa shape index (κ2) is 5.24. The van der Waals surface area contributed by atoms with Gasteiger partial charge in [-0.25, -0.2) is 0 Å². The Hall–Kier alpha value is -1.71. The third-order valence-electron chi connectivity index (χ3n) is 2.06. The number of aryl methyl sites for hydroxylation is 1. The van der Waals surface area contributed by atoms with Crippen LogP contribution < -0.4 is 4.74 Å². The van der Waals surface area contributed by atoms with Gasteiger partial charge in [0, 0.05) is 10.5 Å². The van der Waals surface area contributed by atoms with Gasteiger partial charge in [-0.15, -0.1) is 0 Å². The largest absolute Gasteiger partial charge is 0.496 e. The Labute approximate surface area is 87.9 Å². The van der Waals surface area contributed by atoms with Gasteiger partial charge in [-0.3, -0.25) is 0 Å². The minimum atomic E-state index is -0.823. The molecule has 0 bridgehead atoms. The molecule has 1 aromatic carbocycles. The molecule has 1 aromatic rings. The summed E-state index contributed by atoms with van der Waals surface area (Å²) in [4.78, 5) is 2.60. The van der Waals surface area contributed by atoms with E-state index in [9.17, 15) is 5.11 Å². The quantitative estimate of drug-likeness (QED) is 0.467. The number of nitrogens with zero attached hydrogens (tertiary/aromatic N) is 3. The Morgan fingerprint density at radius 3 is 2.93 bits per heavy atom. The molecular weight excluding hydrogens is 194 g/mol. The molecule has 1 N–H and O–H groups in total. The number of azide groups is 1. The third-order valence-corrected chi connectivity index (χ3v) is 2.06. The Morgan fingerprint density at radius 2 is 2.33 bits per heavy atom. The van der Waals surface area contributed by atoms with Crippen molar-refractivity contribution in [1.82, 2.24) is 0 Å². The van der Waals surface area contributed by atoms with Gasteiger partial charge >= 0.3 is 0 Å². The van der Waals surface area contributed by atoms with E-state index < -0.39 is 6.10 Å². The second-order valence-electron chi connectivity index (χ2n) is 3.17. The van der Waals surface area contributed by atoms with E-state index >= 15 is 0 Å². The molecule has 0 amide bonds. The molecule has 0 aromatic heterocycles. The van der Waals surface area contributed by atoms with Crippen LogP contribution in [0.2, 0.25) is 0 Å². The van der Waals surface area contributed by atoms with Gasteiger partial charge in [-0.2, -0.15) is 0 Å². The lowest BCUT2D eigenvalue weighted by atomic mass is 10.1. The van der Waals surface area contributed by atoms with Crippen molar-refractivity contribution in [2.24, 2.45) is 5.11 Å². The molecule has 0 saturated heterocycles. The molecule has 80 valence electrons. The fraction of sp³-hybridized carbons (Fsp3) is 0.400. The highest BCUT2D eigenvalue weighted by Gasteiger charge is 2.12. The lowest BCUT2D eigenvalue weighted by Gasteiger charge is -2.13. The third kappa shape index (κ3) is 2.87. The number of aliphatic hydroxyl groups is 1. The summed E-state index contributed by atoms with van der Waals surface area (Å²) in [6.07, 6.45) is -0.823.